The normalized spacial score (nSPS) is 12.0. The Kier molecular flexibility index (Phi) is 4.04. The van der Waals surface area contributed by atoms with Gasteiger partial charge in [0, 0.05) is 26.4 Å². The molecular formula is C14H22N4O. The molecule has 2 heterocycles. The van der Waals surface area contributed by atoms with Gasteiger partial charge < -0.3 is 15.0 Å². The molecule has 0 amide bonds. The van der Waals surface area contributed by atoms with E-state index >= 15 is 0 Å². The van der Waals surface area contributed by atoms with Crippen molar-refractivity contribution < 1.29 is 5.11 Å². The second-order valence-corrected chi connectivity index (χ2v) is 5.73. The van der Waals surface area contributed by atoms with Crippen molar-refractivity contribution >= 4 is 16.9 Å². The summed E-state index contributed by atoms with van der Waals surface area (Å²) in [6, 6.07) is 1.96. The number of aliphatic hydroxyl groups is 1. The van der Waals surface area contributed by atoms with E-state index in [2.05, 4.69) is 29.1 Å². The van der Waals surface area contributed by atoms with E-state index in [-0.39, 0.29) is 12.0 Å². The van der Waals surface area contributed by atoms with Crippen molar-refractivity contribution in [3.63, 3.8) is 0 Å². The molecule has 0 aliphatic rings. The van der Waals surface area contributed by atoms with E-state index in [0.29, 0.717) is 0 Å². The highest BCUT2D eigenvalue weighted by atomic mass is 16.2. The number of aliphatic hydroxyl groups excluding tert-OH is 1. The molecule has 0 unspecified atom stereocenters. The van der Waals surface area contributed by atoms with Crippen molar-refractivity contribution in [2.75, 3.05) is 18.5 Å². The third-order valence-electron chi connectivity index (χ3n) is 3.39. The van der Waals surface area contributed by atoms with Crippen LogP contribution in [0.1, 0.15) is 26.7 Å². The van der Waals surface area contributed by atoms with Crippen LogP contribution in [0.25, 0.3) is 11.0 Å². The molecule has 0 radical (unpaired) electrons. The summed E-state index contributed by atoms with van der Waals surface area (Å²) >= 11 is 0. The Morgan fingerprint density at radius 2 is 2.16 bits per heavy atom. The first-order valence-electron chi connectivity index (χ1n) is 6.64. The van der Waals surface area contributed by atoms with E-state index < -0.39 is 0 Å². The number of pyridine rings is 1. The number of hydrogen-bond acceptors (Lipinski definition) is 4. The minimum Gasteiger partial charge on any atom is -0.396 e. The van der Waals surface area contributed by atoms with Gasteiger partial charge in [0.1, 0.15) is 5.52 Å². The summed E-state index contributed by atoms with van der Waals surface area (Å²) in [6.45, 7) is 5.44. The maximum atomic E-state index is 8.91. The molecule has 0 aliphatic heterocycles. The molecule has 2 rings (SSSR count). The maximum absolute atomic E-state index is 8.91. The van der Waals surface area contributed by atoms with Gasteiger partial charge in [0.25, 0.3) is 0 Å². The Morgan fingerprint density at radius 3 is 2.89 bits per heavy atom. The zero-order valence-corrected chi connectivity index (χ0v) is 11.8. The van der Waals surface area contributed by atoms with Crippen LogP contribution in [0.15, 0.2) is 18.6 Å². The van der Waals surface area contributed by atoms with Crippen molar-refractivity contribution in [3.05, 3.63) is 18.6 Å². The van der Waals surface area contributed by atoms with Crippen LogP contribution in [0, 0.1) is 5.41 Å². The van der Waals surface area contributed by atoms with E-state index in [4.69, 9.17) is 5.11 Å². The number of hydrogen-bond donors (Lipinski definition) is 2. The lowest BCUT2D eigenvalue weighted by Crippen LogP contribution is -2.23. The number of aromatic nitrogens is 3. The lowest BCUT2D eigenvalue weighted by atomic mass is 9.88. The fourth-order valence-corrected chi connectivity index (χ4v) is 2.16. The summed E-state index contributed by atoms with van der Waals surface area (Å²) in [5.41, 5.74) is 2.11. The molecule has 104 valence electrons. The molecule has 5 heteroatoms. The standard InChI is InChI=1S/C14H22N4O/c1-14(2,6-4-8-19)9-16-13-12-11(5-7-15-13)18(3)10-17-12/h5,7,10,19H,4,6,8-9H2,1-3H3,(H,15,16). The number of nitrogens with zero attached hydrogens (tertiary/aromatic N) is 3. The third kappa shape index (κ3) is 3.23. The number of fused-ring (bicyclic) bond motifs is 1. The summed E-state index contributed by atoms with van der Waals surface area (Å²) in [6.07, 6.45) is 5.41. The number of aryl methyl sites for hydroxylation is 1. The van der Waals surface area contributed by atoms with E-state index in [0.717, 1.165) is 36.2 Å². The molecule has 0 aromatic carbocycles. The number of imidazole rings is 1. The summed E-state index contributed by atoms with van der Waals surface area (Å²) in [5.74, 6) is 0.829. The predicted octanol–water partition coefficient (Wildman–Crippen LogP) is 2.18. The van der Waals surface area contributed by atoms with Crippen LogP contribution in [0.3, 0.4) is 0 Å². The molecule has 5 nitrogen and oxygen atoms in total. The molecule has 19 heavy (non-hydrogen) atoms. The highest BCUT2D eigenvalue weighted by molar-refractivity contribution is 5.85. The second-order valence-electron chi connectivity index (χ2n) is 5.73. The number of nitrogens with one attached hydrogen (secondary N) is 1. The Labute approximate surface area is 113 Å². The zero-order chi connectivity index (χ0) is 13.9. The number of rotatable bonds is 6. The van der Waals surface area contributed by atoms with Gasteiger partial charge in [-0.25, -0.2) is 9.97 Å². The first-order valence-corrected chi connectivity index (χ1v) is 6.64. The van der Waals surface area contributed by atoms with Gasteiger partial charge in [0.05, 0.1) is 11.8 Å². The van der Waals surface area contributed by atoms with Crippen molar-refractivity contribution in [1.29, 1.82) is 0 Å². The van der Waals surface area contributed by atoms with Crippen molar-refractivity contribution in [2.24, 2.45) is 12.5 Å². The summed E-state index contributed by atoms with van der Waals surface area (Å²) in [4.78, 5) is 8.75. The van der Waals surface area contributed by atoms with Crippen LogP contribution < -0.4 is 5.32 Å². The molecule has 2 aromatic heterocycles. The quantitative estimate of drug-likeness (QED) is 0.837. The van der Waals surface area contributed by atoms with Gasteiger partial charge in [-0.1, -0.05) is 13.8 Å². The SMILES string of the molecule is Cn1cnc2c(NCC(C)(C)CCCO)nccc21. The van der Waals surface area contributed by atoms with Gasteiger partial charge in [-0.15, -0.1) is 0 Å². The highest BCUT2D eigenvalue weighted by Crippen LogP contribution is 2.24. The Bertz CT molecular complexity index is 547. The molecule has 0 atom stereocenters. The van der Waals surface area contributed by atoms with Gasteiger partial charge in [-0.05, 0) is 24.3 Å². The van der Waals surface area contributed by atoms with E-state index in [9.17, 15) is 0 Å². The third-order valence-corrected chi connectivity index (χ3v) is 3.39. The Balaban J connectivity index is 2.09. The summed E-state index contributed by atoms with van der Waals surface area (Å²) in [5, 5.41) is 12.3. The second kappa shape index (κ2) is 5.57. The summed E-state index contributed by atoms with van der Waals surface area (Å²) in [7, 11) is 1.98. The molecule has 0 spiro atoms. The average molecular weight is 262 g/mol. The highest BCUT2D eigenvalue weighted by Gasteiger charge is 2.18. The maximum Gasteiger partial charge on any atom is 0.154 e. The average Bonchev–Trinajstić information content (AvgIpc) is 2.77. The van der Waals surface area contributed by atoms with Crippen molar-refractivity contribution in [3.8, 4) is 0 Å². The molecule has 0 fully saturated rings. The molecule has 2 aromatic rings. The molecule has 0 aliphatic carbocycles. The topological polar surface area (TPSA) is 63.0 Å². The van der Waals surface area contributed by atoms with E-state index in [1.165, 1.54) is 0 Å². The minimum atomic E-state index is 0.126. The largest absolute Gasteiger partial charge is 0.396 e. The Hall–Kier alpha value is -1.62. The first kappa shape index (κ1) is 13.8. The molecule has 0 saturated carbocycles. The van der Waals surface area contributed by atoms with Crippen LogP contribution in [0.2, 0.25) is 0 Å². The van der Waals surface area contributed by atoms with Gasteiger partial charge in [0.2, 0.25) is 0 Å². The fraction of sp³-hybridized carbons (Fsp3) is 0.571. The van der Waals surface area contributed by atoms with Gasteiger partial charge in [0.15, 0.2) is 5.82 Å². The monoisotopic (exact) mass is 262 g/mol. The molecule has 2 N–H and O–H groups in total. The van der Waals surface area contributed by atoms with E-state index in [1.807, 2.05) is 17.7 Å². The van der Waals surface area contributed by atoms with Gasteiger partial charge >= 0.3 is 0 Å². The van der Waals surface area contributed by atoms with Crippen LogP contribution in [-0.2, 0) is 7.05 Å². The van der Waals surface area contributed by atoms with Crippen LogP contribution in [0.5, 0.6) is 0 Å². The Morgan fingerprint density at radius 1 is 1.37 bits per heavy atom. The zero-order valence-electron chi connectivity index (χ0n) is 11.8. The predicted molar refractivity (Wildman–Crippen MR) is 77.1 cm³/mol. The molecule has 0 bridgehead atoms. The van der Waals surface area contributed by atoms with Gasteiger partial charge in [-0.3, -0.25) is 0 Å². The van der Waals surface area contributed by atoms with Crippen molar-refractivity contribution in [1.82, 2.24) is 14.5 Å². The lowest BCUT2D eigenvalue weighted by Gasteiger charge is -2.24. The molecular weight excluding hydrogens is 240 g/mol. The van der Waals surface area contributed by atoms with E-state index in [1.54, 1.807) is 12.5 Å². The number of anilines is 1. The minimum absolute atomic E-state index is 0.126. The van der Waals surface area contributed by atoms with Crippen molar-refractivity contribution in [2.45, 2.75) is 26.7 Å². The van der Waals surface area contributed by atoms with Crippen LogP contribution in [0.4, 0.5) is 5.82 Å². The summed E-state index contributed by atoms with van der Waals surface area (Å²) < 4.78 is 1.99. The smallest absolute Gasteiger partial charge is 0.154 e. The lowest BCUT2D eigenvalue weighted by molar-refractivity contribution is 0.248. The molecule has 0 saturated heterocycles. The van der Waals surface area contributed by atoms with Gasteiger partial charge in [-0.2, -0.15) is 0 Å². The first-order chi connectivity index (χ1) is 9.03. The fourth-order valence-electron chi connectivity index (χ4n) is 2.16. The van der Waals surface area contributed by atoms with Crippen LogP contribution >= 0.6 is 0 Å². The van der Waals surface area contributed by atoms with Crippen LogP contribution in [-0.4, -0.2) is 32.8 Å².